The molecule has 0 spiro atoms. The molecule has 3 N–H and O–H groups in total. The van der Waals surface area contributed by atoms with Gasteiger partial charge < -0.3 is 24.8 Å². The molecule has 8 nitrogen and oxygen atoms in total. The van der Waals surface area contributed by atoms with Crippen LogP contribution in [0, 0.1) is 5.92 Å². The van der Waals surface area contributed by atoms with Crippen molar-refractivity contribution in [2.45, 2.75) is 50.1 Å². The van der Waals surface area contributed by atoms with Crippen LogP contribution in [-0.2, 0) is 31.2 Å². The monoisotopic (exact) mass is 404 g/mol. The van der Waals surface area contributed by atoms with Gasteiger partial charge in [-0.1, -0.05) is 0 Å². The van der Waals surface area contributed by atoms with E-state index in [0.29, 0.717) is 31.8 Å². The highest BCUT2D eigenvalue weighted by atomic mass is 16.5. The zero-order chi connectivity index (χ0) is 20.4. The number of fused-ring (bicyclic) bond motifs is 1. The number of aromatic nitrogens is 1. The summed E-state index contributed by atoms with van der Waals surface area (Å²) in [5.74, 6) is 0.684. The van der Waals surface area contributed by atoms with Gasteiger partial charge in [-0.05, 0) is 30.0 Å². The molecule has 3 fully saturated rings. The molecule has 0 radical (unpaired) electrons. The van der Waals surface area contributed by atoms with E-state index in [1.807, 2.05) is 0 Å². The van der Waals surface area contributed by atoms with Gasteiger partial charge in [0.05, 0.1) is 25.1 Å². The summed E-state index contributed by atoms with van der Waals surface area (Å²) >= 11 is 0. The molecule has 1 amide bonds. The van der Waals surface area contributed by atoms with E-state index in [1.165, 1.54) is 0 Å². The number of ether oxygens (including phenoxy) is 3. The van der Waals surface area contributed by atoms with Gasteiger partial charge in [0.2, 0.25) is 5.91 Å². The molecule has 5 atom stereocenters. The maximum Gasteiger partial charge on any atom is 0.218 e. The first-order valence-electron chi connectivity index (χ1n) is 10.4. The van der Waals surface area contributed by atoms with E-state index in [1.54, 1.807) is 21.1 Å². The summed E-state index contributed by atoms with van der Waals surface area (Å²) in [6.07, 6.45) is 1.69. The molecular formula is C21H32N4O4. The van der Waals surface area contributed by atoms with Crippen molar-refractivity contribution in [2.75, 3.05) is 40.5 Å². The third kappa shape index (κ3) is 4.18. The molecule has 4 unspecified atom stereocenters. The summed E-state index contributed by atoms with van der Waals surface area (Å²) in [5.41, 5.74) is 2.61. The maximum atomic E-state index is 11.5. The average molecular weight is 405 g/mol. The molecule has 1 aromatic heterocycles. The van der Waals surface area contributed by atoms with Crippen molar-refractivity contribution in [1.29, 1.82) is 0 Å². The smallest absolute Gasteiger partial charge is 0.218 e. The number of carbonyl (C=O) groups excluding carboxylic acids is 1. The van der Waals surface area contributed by atoms with Crippen LogP contribution in [0.3, 0.4) is 0 Å². The summed E-state index contributed by atoms with van der Waals surface area (Å²) in [5, 5.41) is 10.1. The van der Waals surface area contributed by atoms with Crippen molar-refractivity contribution in [3.05, 3.63) is 29.1 Å². The highest BCUT2D eigenvalue weighted by molar-refractivity contribution is 5.73. The normalized spacial score (nSPS) is 34.2. The molecule has 1 aromatic rings. The maximum absolute atomic E-state index is 11.5. The van der Waals surface area contributed by atoms with E-state index in [0.717, 1.165) is 42.9 Å². The summed E-state index contributed by atoms with van der Waals surface area (Å²) in [4.78, 5) is 16.6. The highest BCUT2D eigenvalue weighted by Gasteiger charge is 2.43. The van der Waals surface area contributed by atoms with Gasteiger partial charge in [-0.2, -0.15) is 0 Å². The second-order valence-electron chi connectivity index (χ2n) is 8.40. The molecule has 0 aliphatic carbocycles. The fraction of sp³-hybridized carbons (Fsp3) is 0.714. The van der Waals surface area contributed by atoms with Crippen LogP contribution in [0.5, 0.6) is 0 Å². The lowest BCUT2D eigenvalue weighted by atomic mass is 9.81. The zero-order valence-electron chi connectivity index (χ0n) is 17.5. The minimum Gasteiger partial charge on any atom is -0.380 e. The number of piperidine rings is 1. The Bertz CT molecular complexity index is 737. The number of carbonyl (C=O) groups is 1. The van der Waals surface area contributed by atoms with Crippen LogP contribution in [0.15, 0.2) is 12.1 Å². The number of hydrogen-bond acceptors (Lipinski definition) is 7. The van der Waals surface area contributed by atoms with Crippen molar-refractivity contribution in [3.63, 3.8) is 0 Å². The van der Waals surface area contributed by atoms with E-state index >= 15 is 0 Å². The third-order valence-corrected chi connectivity index (χ3v) is 6.54. The minimum absolute atomic E-state index is 0.00534. The summed E-state index contributed by atoms with van der Waals surface area (Å²) in [7, 11) is 3.44. The highest BCUT2D eigenvalue weighted by Crippen LogP contribution is 2.39. The van der Waals surface area contributed by atoms with Crippen LogP contribution in [0.1, 0.15) is 42.6 Å². The lowest BCUT2D eigenvalue weighted by Gasteiger charge is -2.35. The molecule has 29 heavy (non-hydrogen) atoms. The third-order valence-electron chi connectivity index (χ3n) is 6.54. The van der Waals surface area contributed by atoms with Gasteiger partial charge in [0, 0.05) is 64.9 Å². The summed E-state index contributed by atoms with van der Waals surface area (Å²) < 4.78 is 17.0. The summed E-state index contributed by atoms with van der Waals surface area (Å²) in [6, 6.07) is 4.64. The van der Waals surface area contributed by atoms with Crippen LogP contribution in [0.2, 0.25) is 0 Å². The molecule has 3 aliphatic heterocycles. The second-order valence-corrected chi connectivity index (χ2v) is 8.40. The van der Waals surface area contributed by atoms with Gasteiger partial charge in [-0.25, -0.2) is 0 Å². The van der Waals surface area contributed by atoms with Gasteiger partial charge >= 0.3 is 0 Å². The molecule has 0 aromatic carbocycles. The molecule has 4 heterocycles. The minimum atomic E-state index is -0.489. The van der Waals surface area contributed by atoms with Crippen molar-refractivity contribution >= 4 is 5.91 Å². The number of nitrogens with zero attached hydrogens (tertiary/aromatic N) is 1. The molecule has 3 saturated heterocycles. The predicted molar refractivity (Wildman–Crippen MR) is 107 cm³/mol. The Morgan fingerprint density at radius 2 is 2.21 bits per heavy atom. The Morgan fingerprint density at radius 3 is 2.90 bits per heavy atom. The van der Waals surface area contributed by atoms with E-state index < -0.39 is 5.60 Å². The van der Waals surface area contributed by atoms with Crippen LogP contribution in [0.25, 0.3) is 0 Å². The number of rotatable bonds is 6. The van der Waals surface area contributed by atoms with E-state index in [9.17, 15) is 4.79 Å². The number of pyridine rings is 1. The second kappa shape index (κ2) is 8.65. The molecular weight excluding hydrogens is 372 g/mol. The van der Waals surface area contributed by atoms with Crippen molar-refractivity contribution in [1.82, 2.24) is 20.9 Å². The zero-order valence-corrected chi connectivity index (χ0v) is 17.5. The first-order valence-corrected chi connectivity index (χ1v) is 10.4. The Kier molecular flexibility index (Phi) is 6.17. The Hall–Kier alpha value is -1.58. The van der Waals surface area contributed by atoms with Crippen LogP contribution in [-0.4, -0.2) is 63.6 Å². The molecule has 4 rings (SSSR count). The summed E-state index contributed by atoms with van der Waals surface area (Å²) in [6.45, 7) is 5.02. The number of hydrogen-bond donors (Lipinski definition) is 3. The van der Waals surface area contributed by atoms with Crippen molar-refractivity contribution in [3.8, 4) is 0 Å². The fourth-order valence-electron chi connectivity index (χ4n) is 5.02. The first kappa shape index (κ1) is 20.7. The largest absolute Gasteiger partial charge is 0.380 e. The van der Waals surface area contributed by atoms with Crippen molar-refractivity contribution in [2.24, 2.45) is 5.92 Å². The lowest BCUT2D eigenvalue weighted by molar-refractivity contribution is -0.120. The quantitative estimate of drug-likeness (QED) is 0.640. The van der Waals surface area contributed by atoms with Crippen LogP contribution in [0.4, 0.5) is 0 Å². The van der Waals surface area contributed by atoms with E-state index in [-0.39, 0.29) is 18.0 Å². The lowest BCUT2D eigenvalue weighted by Crippen LogP contribution is -2.55. The topological polar surface area (TPSA) is 93.7 Å². The van der Waals surface area contributed by atoms with Gasteiger partial charge in [0.1, 0.15) is 5.60 Å². The van der Waals surface area contributed by atoms with Gasteiger partial charge in [0.25, 0.3) is 0 Å². The Labute approximate surface area is 172 Å². The molecule has 160 valence electrons. The van der Waals surface area contributed by atoms with Crippen LogP contribution >= 0.6 is 0 Å². The van der Waals surface area contributed by atoms with Crippen LogP contribution < -0.4 is 16.0 Å². The fourth-order valence-corrected chi connectivity index (χ4v) is 5.02. The number of nitrogens with one attached hydrogen (secondary N) is 3. The number of methoxy groups -OCH3 is 2. The van der Waals surface area contributed by atoms with Gasteiger partial charge in [0.15, 0.2) is 0 Å². The van der Waals surface area contributed by atoms with E-state index in [4.69, 9.17) is 19.2 Å². The number of amides is 1. The van der Waals surface area contributed by atoms with E-state index in [2.05, 4.69) is 28.1 Å². The predicted octanol–water partition coefficient (Wildman–Crippen LogP) is 0.617. The first-order chi connectivity index (χ1) is 14.0. The van der Waals surface area contributed by atoms with Gasteiger partial charge in [-0.3, -0.25) is 15.1 Å². The van der Waals surface area contributed by atoms with Gasteiger partial charge in [-0.15, -0.1) is 0 Å². The molecule has 0 saturated carbocycles. The standard InChI is InChI=1S/C21H32N4O4/c1-13(26)24-20-8-15-16(9-22-18(15)10-23-20)17-6-14(11-27-2)7-19(25-17)21(28-3)4-5-29-12-21/h6-7,15-16,18,20,22-23H,4-5,8-12H2,1-3H3,(H,24,26)/t15?,16?,18?,20?,21-/m0/s1. The Morgan fingerprint density at radius 1 is 1.34 bits per heavy atom. The Balaban J connectivity index is 1.64. The molecule has 8 heteroatoms. The molecule has 0 bridgehead atoms. The average Bonchev–Trinajstić information content (AvgIpc) is 3.35. The SMILES string of the molecule is COCc1cc(C2CNC3CNC(NC(C)=O)CC32)nc([C@]2(OC)CCOC2)c1. The van der Waals surface area contributed by atoms with Crippen molar-refractivity contribution < 1.29 is 19.0 Å². The molecule has 3 aliphatic rings.